The van der Waals surface area contributed by atoms with Gasteiger partial charge in [0.2, 0.25) is 0 Å². The zero-order valence-corrected chi connectivity index (χ0v) is 9.53. The topological polar surface area (TPSA) is 49.6 Å². The van der Waals surface area contributed by atoms with E-state index in [1.807, 2.05) is 37.3 Å². The van der Waals surface area contributed by atoms with Crippen LogP contribution < -0.4 is 0 Å². The molecule has 0 unspecified atom stereocenters. The van der Waals surface area contributed by atoms with Gasteiger partial charge in [0.05, 0.1) is 0 Å². The third-order valence-corrected chi connectivity index (χ3v) is 2.87. The van der Waals surface area contributed by atoms with E-state index >= 15 is 0 Å². The second-order valence-electron chi connectivity index (χ2n) is 3.25. The molecule has 3 nitrogen and oxygen atoms in total. The quantitative estimate of drug-likeness (QED) is 0.740. The highest BCUT2D eigenvalue weighted by Crippen LogP contribution is 2.24. The number of aromatic nitrogens is 2. The molecule has 78 valence electrons. The van der Waals surface area contributed by atoms with Gasteiger partial charge in [-0.1, -0.05) is 17.7 Å². The maximum absolute atomic E-state index is 8.71. The van der Waals surface area contributed by atoms with Gasteiger partial charge in [0.15, 0.2) is 5.16 Å². The largest absolute Gasteiger partial charge is 0.231 e. The molecule has 1 aromatic heterocycles. The van der Waals surface area contributed by atoms with E-state index in [0.717, 1.165) is 4.90 Å². The number of hydrogen-bond acceptors (Lipinski definition) is 4. The maximum atomic E-state index is 8.71. The van der Waals surface area contributed by atoms with Crippen molar-refractivity contribution in [2.24, 2.45) is 0 Å². The Balaban J connectivity index is 2.21. The van der Waals surface area contributed by atoms with Crippen LogP contribution in [0.1, 0.15) is 11.3 Å². The summed E-state index contributed by atoms with van der Waals surface area (Å²) in [4.78, 5) is 9.28. The van der Waals surface area contributed by atoms with Crippen LogP contribution in [0.4, 0.5) is 0 Å². The average molecular weight is 227 g/mol. The Morgan fingerprint density at radius 1 is 1.19 bits per heavy atom. The summed E-state index contributed by atoms with van der Waals surface area (Å²) in [6.45, 7) is 2.04. The van der Waals surface area contributed by atoms with Crippen molar-refractivity contribution in [3.8, 4) is 6.07 Å². The molecule has 0 saturated carbocycles. The Bertz CT molecular complexity index is 529. The molecule has 0 aliphatic carbocycles. The van der Waals surface area contributed by atoms with Gasteiger partial charge in [0, 0.05) is 11.1 Å². The number of benzene rings is 1. The minimum Gasteiger partial charge on any atom is -0.231 e. The van der Waals surface area contributed by atoms with Gasteiger partial charge in [-0.05, 0) is 36.9 Å². The first kappa shape index (κ1) is 10.7. The van der Waals surface area contributed by atoms with Gasteiger partial charge < -0.3 is 0 Å². The fourth-order valence-electron chi connectivity index (χ4n) is 1.16. The molecule has 1 aromatic carbocycles. The second kappa shape index (κ2) is 4.77. The molecule has 0 aliphatic rings. The van der Waals surface area contributed by atoms with Crippen LogP contribution in [-0.4, -0.2) is 9.97 Å². The van der Waals surface area contributed by atoms with E-state index in [9.17, 15) is 0 Å². The molecule has 0 bridgehead atoms. The molecule has 2 rings (SSSR count). The molecule has 0 amide bonds. The van der Waals surface area contributed by atoms with Crippen molar-refractivity contribution >= 4 is 11.8 Å². The highest BCUT2D eigenvalue weighted by Gasteiger charge is 2.01. The van der Waals surface area contributed by atoms with E-state index < -0.39 is 0 Å². The molecule has 0 saturated heterocycles. The van der Waals surface area contributed by atoms with Crippen LogP contribution in [0.25, 0.3) is 0 Å². The summed E-state index contributed by atoms with van der Waals surface area (Å²) >= 11 is 1.45. The highest BCUT2D eigenvalue weighted by molar-refractivity contribution is 7.99. The smallest absolute Gasteiger partial charge is 0.193 e. The molecule has 1 heterocycles. The van der Waals surface area contributed by atoms with E-state index in [2.05, 4.69) is 9.97 Å². The van der Waals surface area contributed by atoms with Gasteiger partial charge >= 0.3 is 0 Å². The molecule has 0 radical (unpaired) electrons. The van der Waals surface area contributed by atoms with Crippen LogP contribution in [-0.2, 0) is 0 Å². The first-order valence-electron chi connectivity index (χ1n) is 4.75. The van der Waals surface area contributed by atoms with Crippen molar-refractivity contribution in [1.29, 1.82) is 5.26 Å². The molecular formula is C12H9N3S. The SMILES string of the molecule is Cc1ccc(Sc2nccc(C#N)n2)cc1. The van der Waals surface area contributed by atoms with Crippen molar-refractivity contribution < 1.29 is 0 Å². The molecular weight excluding hydrogens is 218 g/mol. The third-order valence-electron chi connectivity index (χ3n) is 1.98. The van der Waals surface area contributed by atoms with Crippen molar-refractivity contribution in [2.75, 3.05) is 0 Å². The molecule has 0 aliphatic heterocycles. The van der Waals surface area contributed by atoms with E-state index in [0.29, 0.717) is 10.9 Å². The Labute approximate surface area is 98.2 Å². The lowest BCUT2D eigenvalue weighted by Gasteiger charge is -2.00. The van der Waals surface area contributed by atoms with Crippen LogP contribution in [0, 0.1) is 18.3 Å². The van der Waals surface area contributed by atoms with Gasteiger partial charge in [-0.15, -0.1) is 0 Å². The molecule has 2 aromatic rings. The fourth-order valence-corrected chi connectivity index (χ4v) is 1.90. The normalized spacial score (nSPS) is 9.75. The fraction of sp³-hybridized carbons (Fsp3) is 0.0833. The average Bonchev–Trinajstić information content (AvgIpc) is 2.32. The van der Waals surface area contributed by atoms with Crippen LogP contribution in [0.3, 0.4) is 0 Å². The first-order valence-corrected chi connectivity index (χ1v) is 5.57. The van der Waals surface area contributed by atoms with Crippen molar-refractivity contribution in [3.05, 3.63) is 47.8 Å². The van der Waals surface area contributed by atoms with Crippen molar-refractivity contribution in [3.63, 3.8) is 0 Å². The number of aryl methyl sites for hydroxylation is 1. The van der Waals surface area contributed by atoms with E-state index in [1.54, 1.807) is 12.3 Å². The third kappa shape index (κ3) is 2.59. The molecule has 4 heteroatoms. The van der Waals surface area contributed by atoms with Crippen molar-refractivity contribution in [1.82, 2.24) is 9.97 Å². The van der Waals surface area contributed by atoms with Crippen molar-refractivity contribution in [2.45, 2.75) is 17.0 Å². The molecule has 0 fully saturated rings. The Kier molecular flexibility index (Phi) is 3.18. The monoisotopic (exact) mass is 227 g/mol. The summed E-state index contributed by atoms with van der Waals surface area (Å²) < 4.78 is 0. The second-order valence-corrected chi connectivity index (χ2v) is 4.29. The first-order chi connectivity index (χ1) is 7.78. The van der Waals surface area contributed by atoms with Crippen LogP contribution in [0.5, 0.6) is 0 Å². The summed E-state index contributed by atoms with van der Waals surface area (Å²) in [5, 5.41) is 9.31. The molecule has 16 heavy (non-hydrogen) atoms. The Morgan fingerprint density at radius 2 is 1.94 bits per heavy atom. The van der Waals surface area contributed by atoms with E-state index in [4.69, 9.17) is 5.26 Å². The van der Waals surface area contributed by atoms with Gasteiger partial charge in [0.1, 0.15) is 11.8 Å². The summed E-state index contributed by atoms with van der Waals surface area (Å²) in [6.07, 6.45) is 1.60. The lowest BCUT2D eigenvalue weighted by molar-refractivity contribution is 0.952. The summed E-state index contributed by atoms with van der Waals surface area (Å²) in [5.74, 6) is 0. The predicted molar refractivity (Wildman–Crippen MR) is 62.0 cm³/mol. The minimum absolute atomic E-state index is 0.393. The van der Waals surface area contributed by atoms with Crippen LogP contribution in [0.15, 0.2) is 46.6 Å². The Morgan fingerprint density at radius 3 is 2.62 bits per heavy atom. The van der Waals surface area contributed by atoms with E-state index in [1.165, 1.54) is 17.3 Å². The summed E-state index contributed by atoms with van der Waals surface area (Å²) in [5.41, 5.74) is 1.61. The van der Waals surface area contributed by atoms with Gasteiger partial charge in [-0.2, -0.15) is 5.26 Å². The van der Waals surface area contributed by atoms with Gasteiger partial charge in [-0.3, -0.25) is 0 Å². The van der Waals surface area contributed by atoms with Gasteiger partial charge in [0.25, 0.3) is 0 Å². The predicted octanol–water partition coefficient (Wildman–Crippen LogP) is 2.81. The number of rotatable bonds is 2. The zero-order valence-electron chi connectivity index (χ0n) is 8.71. The highest BCUT2D eigenvalue weighted by atomic mass is 32.2. The maximum Gasteiger partial charge on any atom is 0.193 e. The van der Waals surface area contributed by atoms with Gasteiger partial charge in [-0.25, -0.2) is 9.97 Å². The lowest BCUT2D eigenvalue weighted by Crippen LogP contribution is -1.88. The number of hydrogen-bond donors (Lipinski definition) is 0. The van der Waals surface area contributed by atoms with E-state index in [-0.39, 0.29) is 0 Å². The summed E-state index contributed by atoms with van der Waals surface area (Å²) in [6, 6.07) is 11.7. The minimum atomic E-state index is 0.393. The Hall–Kier alpha value is -1.86. The molecule has 0 N–H and O–H groups in total. The number of nitrogens with zero attached hydrogens (tertiary/aromatic N) is 3. The summed E-state index contributed by atoms with van der Waals surface area (Å²) in [7, 11) is 0. The zero-order chi connectivity index (χ0) is 11.4. The van der Waals surface area contributed by atoms with Crippen LogP contribution in [0.2, 0.25) is 0 Å². The van der Waals surface area contributed by atoms with Crippen LogP contribution >= 0.6 is 11.8 Å². The molecule has 0 spiro atoms. The number of nitriles is 1. The molecule has 0 atom stereocenters. The standard InChI is InChI=1S/C12H9N3S/c1-9-2-4-11(5-3-9)16-12-14-7-6-10(8-13)15-12/h2-7H,1H3. The lowest BCUT2D eigenvalue weighted by atomic mass is 10.2.